The molecule has 0 atom stereocenters. The second-order valence-corrected chi connectivity index (χ2v) is 6.64. The Morgan fingerprint density at radius 3 is 2.81 bits per heavy atom. The molecule has 0 N–H and O–H groups in total. The first-order chi connectivity index (χ1) is 10.2. The van der Waals surface area contributed by atoms with Gasteiger partial charge in [0, 0.05) is 12.5 Å². The van der Waals surface area contributed by atoms with Gasteiger partial charge in [-0.15, -0.1) is 0 Å². The van der Waals surface area contributed by atoms with Crippen molar-refractivity contribution in [2.75, 3.05) is 0 Å². The van der Waals surface area contributed by atoms with Crippen LogP contribution in [0.4, 0.5) is 0 Å². The minimum Gasteiger partial charge on any atom is -0.328 e. The molecule has 2 aromatic heterocycles. The first-order valence-corrected chi connectivity index (χ1v) is 8.61. The van der Waals surface area contributed by atoms with Crippen molar-refractivity contribution in [2.24, 2.45) is 0 Å². The van der Waals surface area contributed by atoms with Crippen molar-refractivity contribution >= 4 is 27.5 Å². The van der Waals surface area contributed by atoms with Crippen molar-refractivity contribution in [1.82, 2.24) is 19.5 Å². The standard InChI is InChI=1S/C15H18BrClN4/c1-2-7-21-9-18-8-11(21)15-19-13(10-5-3-4-6-10)12(16)14(17)20-15/h8-10H,2-7H2,1H3. The van der Waals surface area contributed by atoms with Gasteiger partial charge in [-0.1, -0.05) is 31.4 Å². The van der Waals surface area contributed by atoms with Crippen LogP contribution in [0.3, 0.4) is 0 Å². The van der Waals surface area contributed by atoms with Crippen molar-refractivity contribution in [3.05, 3.63) is 27.8 Å². The number of aromatic nitrogens is 4. The Labute approximate surface area is 138 Å². The number of nitrogens with zero attached hydrogens (tertiary/aromatic N) is 4. The number of hydrogen-bond donors (Lipinski definition) is 0. The topological polar surface area (TPSA) is 43.6 Å². The molecule has 2 heterocycles. The highest BCUT2D eigenvalue weighted by atomic mass is 79.9. The summed E-state index contributed by atoms with van der Waals surface area (Å²) in [4.78, 5) is 13.5. The molecule has 1 saturated carbocycles. The van der Waals surface area contributed by atoms with E-state index in [2.05, 4.69) is 37.4 Å². The Morgan fingerprint density at radius 1 is 1.33 bits per heavy atom. The monoisotopic (exact) mass is 368 g/mol. The molecule has 1 fully saturated rings. The van der Waals surface area contributed by atoms with Crippen LogP contribution in [0.5, 0.6) is 0 Å². The highest BCUT2D eigenvalue weighted by molar-refractivity contribution is 9.10. The molecule has 0 bridgehead atoms. The van der Waals surface area contributed by atoms with E-state index in [1.807, 2.05) is 12.5 Å². The predicted molar refractivity (Wildman–Crippen MR) is 87.5 cm³/mol. The molecule has 0 aliphatic heterocycles. The molecule has 0 aromatic carbocycles. The zero-order valence-corrected chi connectivity index (χ0v) is 14.4. The van der Waals surface area contributed by atoms with Gasteiger partial charge in [-0.2, -0.15) is 0 Å². The van der Waals surface area contributed by atoms with Gasteiger partial charge in [0.15, 0.2) is 5.82 Å². The number of imidazole rings is 1. The molecule has 0 saturated heterocycles. The smallest absolute Gasteiger partial charge is 0.179 e. The molecule has 112 valence electrons. The predicted octanol–water partition coefficient (Wildman–Crippen LogP) is 4.82. The van der Waals surface area contributed by atoms with Gasteiger partial charge in [0.2, 0.25) is 0 Å². The van der Waals surface area contributed by atoms with E-state index < -0.39 is 0 Å². The molecule has 0 unspecified atom stereocenters. The fourth-order valence-electron chi connectivity index (χ4n) is 2.95. The Hall–Kier alpha value is -0.940. The van der Waals surface area contributed by atoms with E-state index >= 15 is 0 Å². The average Bonchev–Trinajstić information content (AvgIpc) is 3.13. The van der Waals surface area contributed by atoms with Crippen LogP contribution in [0.15, 0.2) is 17.0 Å². The number of aryl methyl sites for hydroxylation is 1. The largest absolute Gasteiger partial charge is 0.328 e. The lowest BCUT2D eigenvalue weighted by molar-refractivity contribution is 0.673. The lowest BCUT2D eigenvalue weighted by atomic mass is 10.0. The van der Waals surface area contributed by atoms with Crippen LogP contribution in [0.2, 0.25) is 5.15 Å². The van der Waals surface area contributed by atoms with E-state index in [9.17, 15) is 0 Å². The highest BCUT2D eigenvalue weighted by Gasteiger charge is 2.24. The molecule has 3 rings (SSSR count). The summed E-state index contributed by atoms with van der Waals surface area (Å²) in [5.41, 5.74) is 1.98. The van der Waals surface area contributed by atoms with Crippen molar-refractivity contribution in [3.8, 4) is 11.5 Å². The van der Waals surface area contributed by atoms with Gasteiger partial charge < -0.3 is 4.57 Å². The Bertz CT molecular complexity index is 635. The van der Waals surface area contributed by atoms with E-state index in [0.29, 0.717) is 16.9 Å². The quantitative estimate of drug-likeness (QED) is 0.725. The van der Waals surface area contributed by atoms with E-state index in [1.54, 1.807) is 0 Å². The zero-order valence-electron chi connectivity index (χ0n) is 12.0. The fourth-order valence-corrected chi connectivity index (χ4v) is 3.62. The third-order valence-corrected chi connectivity index (χ3v) is 5.27. The van der Waals surface area contributed by atoms with Crippen molar-refractivity contribution < 1.29 is 0 Å². The fraction of sp³-hybridized carbons (Fsp3) is 0.533. The molecule has 6 heteroatoms. The molecule has 1 aliphatic rings. The molecule has 21 heavy (non-hydrogen) atoms. The van der Waals surface area contributed by atoms with Crippen molar-refractivity contribution in [3.63, 3.8) is 0 Å². The van der Waals surface area contributed by atoms with Crippen LogP contribution >= 0.6 is 27.5 Å². The zero-order chi connectivity index (χ0) is 14.8. The molecule has 4 nitrogen and oxygen atoms in total. The third kappa shape index (κ3) is 2.99. The molecule has 0 spiro atoms. The van der Waals surface area contributed by atoms with Crippen LogP contribution in [0.1, 0.15) is 50.6 Å². The summed E-state index contributed by atoms with van der Waals surface area (Å²) >= 11 is 9.87. The van der Waals surface area contributed by atoms with Gasteiger partial charge in [-0.3, -0.25) is 0 Å². The average molecular weight is 370 g/mol. The van der Waals surface area contributed by atoms with E-state index in [-0.39, 0.29) is 0 Å². The van der Waals surface area contributed by atoms with Crippen LogP contribution in [0.25, 0.3) is 11.5 Å². The van der Waals surface area contributed by atoms with E-state index in [0.717, 1.165) is 28.8 Å². The lowest BCUT2D eigenvalue weighted by Crippen LogP contribution is -2.05. The Balaban J connectivity index is 2.04. The van der Waals surface area contributed by atoms with Crippen LogP contribution in [-0.4, -0.2) is 19.5 Å². The van der Waals surface area contributed by atoms with E-state index in [1.165, 1.54) is 25.7 Å². The first-order valence-electron chi connectivity index (χ1n) is 7.44. The van der Waals surface area contributed by atoms with E-state index in [4.69, 9.17) is 16.6 Å². The number of hydrogen-bond acceptors (Lipinski definition) is 3. The molecular formula is C15H18BrClN4. The second-order valence-electron chi connectivity index (χ2n) is 5.49. The maximum absolute atomic E-state index is 6.32. The van der Waals surface area contributed by atoms with Gasteiger partial charge in [-0.25, -0.2) is 15.0 Å². The summed E-state index contributed by atoms with van der Waals surface area (Å²) in [6.45, 7) is 3.05. The molecule has 0 amide bonds. The summed E-state index contributed by atoms with van der Waals surface area (Å²) in [5.74, 6) is 1.16. The van der Waals surface area contributed by atoms with Crippen LogP contribution in [-0.2, 0) is 6.54 Å². The minimum absolute atomic E-state index is 0.487. The molecule has 0 radical (unpaired) electrons. The highest BCUT2D eigenvalue weighted by Crippen LogP contribution is 2.39. The summed E-state index contributed by atoms with van der Waals surface area (Å²) in [7, 11) is 0. The van der Waals surface area contributed by atoms with Gasteiger partial charge in [-0.05, 0) is 35.2 Å². The Morgan fingerprint density at radius 2 is 2.10 bits per heavy atom. The normalized spacial score (nSPS) is 15.8. The van der Waals surface area contributed by atoms with Gasteiger partial charge in [0.05, 0.1) is 22.7 Å². The maximum atomic E-state index is 6.32. The maximum Gasteiger partial charge on any atom is 0.179 e. The summed E-state index contributed by atoms with van der Waals surface area (Å²) in [6.07, 6.45) is 9.58. The van der Waals surface area contributed by atoms with Crippen molar-refractivity contribution in [1.29, 1.82) is 0 Å². The van der Waals surface area contributed by atoms with Gasteiger partial charge in [0.1, 0.15) is 10.8 Å². The number of halogens is 2. The molecular weight excluding hydrogens is 352 g/mol. The van der Waals surface area contributed by atoms with Gasteiger partial charge in [0.25, 0.3) is 0 Å². The first kappa shape index (κ1) is 15.0. The second kappa shape index (κ2) is 6.44. The summed E-state index contributed by atoms with van der Waals surface area (Å²) < 4.78 is 2.93. The lowest BCUT2D eigenvalue weighted by Gasteiger charge is -2.14. The van der Waals surface area contributed by atoms with Crippen LogP contribution < -0.4 is 0 Å². The number of rotatable bonds is 4. The summed E-state index contributed by atoms with van der Waals surface area (Å²) in [5, 5.41) is 0.492. The minimum atomic E-state index is 0.487. The van der Waals surface area contributed by atoms with Crippen LogP contribution in [0, 0.1) is 0 Å². The Kier molecular flexibility index (Phi) is 4.60. The molecule has 1 aliphatic carbocycles. The SMILES string of the molecule is CCCn1cncc1-c1nc(Cl)c(Br)c(C2CCCC2)n1. The summed E-state index contributed by atoms with van der Waals surface area (Å²) in [6, 6.07) is 0. The third-order valence-electron chi connectivity index (χ3n) is 3.98. The van der Waals surface area contributed by atoms with Gasteiger partial charge >= 0.3 is 0 Å². The molecule has 2 aromatic rings. The van der Waals surface area contributed by atoms with Crippen molar-refractivity contribution in [2.45, 2.75) is 51.5 Å².